The summed E-state index contributed by atoms with van der Waals surface area (Å²) in [6, 6.07) is 11.7. The van der Waals surface area contributed by atoms with E-state index in [-0.39, 0.29) is 17.4 Å². The van der Waals surface area contributed by atoms with Crippen LogP contribution in [0.1, 0.15) is 42.5 Å². The zero-order valence-corrected chi connectivity index (χ0v) is 18.9. The second-order valence-electron chi connectivity index (χ2n) is 8.08. The number of aliphatic hydroxyl groups excluding tert-OH is 1. The predicted molar refractivity (Wildman–Crippen MR) is 122 cm³/mol. The molecule has 2 aromatic carbocycles. The van der Waals surface area contributed by atoms with E-state index < -0.39 is 17.7 Å². The molecule has 2 atom stereocenters. The van der Waals surface area contributed by atoms with Crippen LogP contribution in [-0.4, -0.2) is 47.6 Å². The summed E-state index contributed by atoms with van der Waals surface area (Å²) < 4.78 is 11.3. The largest absolute Gasteiger partial charge is 0.507 e. The Bertz CT molecular complexity index is 1070. The van der Waals surface area contributed by atoms with E-state index in [9.17, 15) is 14.7 Å². The van der Waals surface area contributed by atoms with Crippen molar-refractivity contribution in [2.24, 2.45) is 0 Å². The first kappa shape index (κ1) is 22.4. The first-order valence-corrected chi connectivity index (χ1v) is 11.2. The van der Waals surface area contributed by atoms with Crippen molar-refractivity contribution in [2.45, 2.75) is 38.8 Å². The molecule has 2 aromatic rings. The molecule has 1 amide bonds. The maximum atomic E-state index is 13.1. The molecule has 2 aliphatic rings. The number of halogens is 1. The number of rotatable bonds is 6. The smallest absolute Gasteiger partial charge is 0.295 e. The number of ketones is 1. The van der Waals surface area contributed by atoms with E-state index in [4.69, 9.17) is 21.1 Å². The second-order valence-corrected chi connectivity index (χ2v) is 8.49. The Balaban J connectivity index is 1.83. The zero-order valence-electron chi connectivity index (χ0n) is 18.1. The number of aliphatic hydroxyl groups is 1. The Labute approximate surface area is 192 Å². The van der Waals surface area contributed by atoms with Gasteiger partial charge < -0.3 is 19.5 Å². The highest BCUT2D eigenvalue weighted by molar-refractivity contribution is 6.46. The summed E-state index contributed by atoms with van der Waals surface area (Å²) in [5.41, 5.74) is 2.19. The molecule has 0 spiro atoms. The molecule has 0 aliphatic carbocycles. The summed E-state index contributed by atoms with van der Waals surface area (Å²) in [7, 11) is 0. The normalized spacial score (nSPS) is 22.5. The van der Waals surface area contributed by atoms with Crippen LogP contribution in [-0.2, 0) is 14.3 Å². The lowest BCUT2D eigenvalue weighted by atomic mass is 9.94. The average Bonchev–Trinajstić information content (AvgIpc) is 3.37. The van der Waals surface area contributed by atoms with Crippen molar-refractivity contribution in [2.75, 3.05) is 19.8 Å². The number of ether oxygens (including phenoxy) is 2. The van der Waals surface area contributed by atoms with Gasteiger partial charge >= 0.3 is 0 Å². The quantitative estimate of drug-likeness (QED) is 0.390. The maximum Gasteiger partial charge on any atom is 0.295 e. The number of hydrogen-bond acceptors (Lipinski definition) is 5. The molecule has 0 bridgehead atoms. The van der Waals surface area contributed by atoms with E-state index in [1.54, 1.807) is 18.2 Å². The lowest BCUT2D eigenvalue weighted by molar-refractivity contribution is -0.140. The Kier molecular flexibility index (Phi) is 6.53. The number of carbonyl (C=O) groups is 2. The SMILES string of the molecule is CCOc1cc(/C(O)=C2/C(=O)C(=O)N(CC3CCCO3)C2c2cccc(C)c2)ccc1Cl. The number of aryl methyl sites for hydroxylation is 1. The van der Waals surface area contributed by atoms with Gasteiger partial charge in [-0.05, 0) is 50.5 Å². The molecule has 32 heavy (non-hydrogen) atoms. The molecular weight excluding hydrogens is 430 g/mol. The van der Waals surface area contributed by atoms with Gasteiger partial charge in [0.2, 0.25) is 0 Å². The third-order valence-corrected chi connectivity index (χ3v) is 6.14. The molecule has 2 aliphatic heterocycles. The monoisotopic (exact) mass is 455 g/mol. The highest BCUT2D eigenvalue weighted by atomic mass is 35.5. The van der Waals surface area contributed by atoms with Crippen molar-refractivity contribution in [3.8, 4) is 5.75 Å². The summed E-state index contributed by atoms with van der Waals surface area (Å²) in [5.74, 6) is -1.19. The molecule has 0 aromatic heterocycles. The number of nitrogens with zero attached hydrogens (tertiary/aromatic N) is 1. The summed E-state index contributed by atoms with van der Waals surface area (Å²) in [4.78, 5) is 27.7. The first-order valence-electron chi connectivity index (χ1n) is 10.8. The van der Waals surface area contributed by atoms with Crippen LogP contribution in [0.3, 0.4) is 0 Å². The third-order valence-electron chi connectivity index (χ3n) is 5.83. The highest BCUT2D eigenvalue weighted by Gasteiger charge is 2.47. The minimum Gasteiger partial charge on any atom is -0.507 e. The van der Waals surface area contributed by atoms with Crippen LogP contribution >= 0.6 is 11.6 Å². The molecule has 2 heterocycles. The van der Waals surface area contributed by atoms with Gasteiger partial charge in [-0.15, -0.1) is 0 Å². The summed E-state index contributed by atoms with van der Waals surface area (Å²) in [6.07, 6.45) is 1.63. The van der Waals surface area contributed by atoms with Crippen molar-refractivity contribution < 1.29 is 24.2 Å². The molecule has 2 fully saturated rings. The maximum absolute atomic E-state index is 13.1. The van der Waals surface area contributed by atoms with Gasteiger partial charge in [-0.3, -0.25) is 9.59 Å². The van der Waals surface area contributed by atoms with Crippen LogP contribution < -0.4 is 4.74 Å². The van der Waals surface area contributed by atoms with Crippen molar-refractivity contribution in [3.63, 3.8) is 0 Å². The van der Waals surface area contributed by atoms with E-state index in [2.05, 4.69) is 0 Å². The van der Waals surface area contributed by atoms with E-state index in [1.165, 1.54) is 4.90 Å². The Hall–Kier alpha value is -2.83. The Morgan fingerprint density at radius 3 is 2.75 bits per heavy atom. The molecule has 1 N–H and O–H groups in total. The molecule has 4 rings (SSSR count). The number of benzene rings is 2. The van der Waals surface area contributed by atoms with Crippen molar-refractivity contribution >= 4 is 29.1 Å². The standard InChI is InChI=1S/C25H26ClNO5/c1-3-31-20-13-17(9-10-19(20)26)23(28)21-22(16-7-4-6-15(2)12-16)27(25(30)24(21)29)14-18-8-5-11-32-18/h4,6-7,9-10,12-13,18,22,28H,3,5,8,11,14H2,1-2H3/b23-21-. The minimum absolute atomic E-state index is 0.0587. The number of hydrogen-bond donors (Lipinski definition) is 1. The third kappa shape index (κ3) is 4.25. The fourth-order valence-electron chi connectivity index (χ4n) is 4.34. The van der Waals surface area contributed by atoms with Crippen molar-refractivity contribution in [3.05, 3.63) is 69.8 Å². The van der Waals surface area contributed by atoms with Gasteiger partial charge in [-0.25, -0.2) is 0 Å². The summed E-state index contributed by atoms with van der Waals surface area (Å²) in [6.45, 7) is 5.12. The summed E-state index contributed by atoms with van der Waals surface area (Å²) in [5, 5.41) is 11.6. The lowest BCUT2D eigenvalue weighted by Crippen LogP contribution is -2.36. The predicted octanol–water partition coefficient (Wildman–Crippen LogP) is 4.65. The van der Waals surface area contributed by atoms with Gasteiger partial charge in [0.25, 0.3) is 11.7 Å². The van der Waals surface area contributed by atoms with Crippen LogP contribution in [0.2, 0.25) is 5.02 Å². The topological polar surface area (TPSA) is 76.1 Å². The van der Waals surface area contributed by atoms with E-state index in [1.807, 2.05) is 38.1 Å². The molecule has 2 unspecified atom stereocenters. The van der Waals surface area contributed by atoms with Gasteiger partial charge in [0.15, 0.2) is 0 Å². The van der Waals surface area contributed by atoms with Crippen LogP contribution in [0.25, 0.3) is 5.76 Å². The Morgan fingerprint density at radius 1 is 1.25 bits per heavy atom. The van der Waals surface area contributed by atoms with Gasteiger partial charge in [0.1, 0.15) is 11.5 Å². The molecule has 2 saturated heterocycles. The second kappa shape index (κ2) is 9.35. The Morgan fingerprint density at radius 2 is 2.06 bits per heavy atom. The van der Waals surface area contributed by atoms with Crippen molar-refractivity contribution in [1.29, 1.82) is 0 Å². The number of amides is 1. The van der Waals surface area contributed by atoms with E-state index in [0.717, 1.165) is 24.0 Å². The van der Waals surface area contributed by atoms with E-state index in [0.29, 0.717) is 36.1 Å². The molecule has 0 radical (unpaired) electrons. The van der Waals surface area contributed by atoms with Crippen LogP contribution in [0.5, 0.6) is 5.75 Å². The lowest BCUT2D eigenvalue weighted by Gasteiger charge is -2.27. The fourth-order valence-corrected chi connectivity index (χ4v) is 4.51. The highest BCUT2D eigenvalue weighted by Crippen LogP contribution is 2.41. The van der Waals surface area contributed by atoms with Crippen molar-refractivity contribution in [1.82, 2.24) is 4.90 Å². The molecule has 7 heteroatoms. The van der Waals surface area contributed by atoms with Crippen LogP contribution in [0.15, 0.2) is 48.0 Å². The number of Topliss-reactive ketones (excluding diaryl/α,β-unsaturated/α-hetero) is 1. The van der Waals surface area contributed by atoms with E-state index >= 15 is 0 Å². The van der Waals surface area contributed by atoms with Gasteiger partial charge in [0, 0.05) is 18.7 Å². The number of carbonyl (C=O) groups excluding carboxylic acids is 2. The minimum atomic E-state index is -0.708. The van der Waals surface area contributed by atoms with Crippen LogP contribution in [0.4, 0.5) is 0 Å². The molecular formula is C25H26ClNO5. The van der Waals surface area contributed by atoms with Gasteiger partial charge in [0.05, 0.1) is 29.3 Å². The van der Waals surface area contributed by atoms with Gasteiger partial charge in [-0.1, -0.05) is 41.4 Å². The zero-order chi connectivity index (χ0) is 22.8. The summed E-state index contributed by atoms with van der Waals surface area (Å²) >= 11 is 6.19. The first-order chi connectivity index (χ1) is 15.4. The molecule has 168 valence electrons. The fraction of sp³-hybridized carbons (Fsp3) is 0.360. The number of likely N-dealkylation sites (tertiary alicyclic amines) is 1. The van der Waals surface area contributed by atoms with Crippen LogP contribution in [0, 0.1) is 6.92 Å². The molecule has 0 saturated carbocycles. The average molecular weight is 456 g/mol. The molecule has 6 nitrogen and oxygen atoms in total. The van der Waals surface area contributed by atoms with Gasteiger partial charge in [-0.2, -0.15) is 0 Å².